The molecule has 1 aliphatic rings. The van der Waals surface area contributed by atoms with Crippen LogP contribution in [0.5, 0.6) is 0 Å². The van der Waals surface area contributed by atoms with E-state index in [0.717, 1.165) is 10.2 Å². The molecule has 5 nitrogen and oxygen atoms in total. The Morgan fingerprint density at radius 3 is 2.43 bits per heavy atom. The summed E-state index contributed by atoms with van der Waals surface area (Å²) in [5.74, 6) is -0.199. The summed E-state index contributed by atoms with van der Waals surface area (Å²) in [7, 11) is 0. The van der Waals surface area contributed by atoms with Crippen LogP contribution in [0.4, 0.5) is 16.2 Å². The van der Waals surface area contributed by atoms with Crippen molar-refractivity contribution in [2.24, 2.45) is 0 Å². The van der Waals surface area contributed by atoms with Crippen LogP contribution in [0.3, 0.4) is 0 Å². The first-order valence-electron chi connectivity index (χ1n) is 7.30. The summed E-state index contributed by atoms with van der Waals surface area (Å²) in [6, 6.07) is 16.7. The molecule has 0 bridgehead atoms. The lowest BCUT2D eigenvalue weighted by molar-refractivity contribution is -0.116. The zero-order valence-corrected chi connectivity index (χ0v) is 14.0. The minimum absolute atomic E-state index is 0.0538. The van der Waals surface area contributed by atoms with E-state index in [1.54, 1.807) is 9.80 Å². The molecule has 3 amide bonds. The van der Waals surface area contributed by atoms with E-state index in [2.05, 4.69) is 21.2 Å². The fourth-order valence-electron chi connectivity index (χ4n) is 2.48. The fourth-order valence-corrected chi connectivity index (χ4v) is 2.75. The first-order valence-corrected chi connectivity index (χ1v) is 8.10. The van der Waals surface area contributed by atoms with E-state index in [1.165, 1.54) is 0 Å². The van der Waals surface area contributed by atoms with Crippen LogP contribution in [0.2, 0.25) is 0 Å². The van der Waals surface area contributed by atoms with Gasteiger partial charge in [-0.3, -0.25) is 9.69 Å². The second kappa shape index (κ2) is 6.83. The number of urea groups is 1. The molecule has 1 fully saturated rings. The molecule has 1 heterocycles. The van der Waals surface area contributed by atoms with Gasteiger partial charge >= 0.3 is 6.03 Å². The van der Waals surface area contributed by atoms with Gasteiger partial charge in [-0.2, -0.15) is 0 Å². The van der Waals surface area contributed by atoms with Gasteiger partial charge in [-0.25, -0.2) is 4.79 Å². The highest BCUT2D eigenvalue weighted by molar-refractivity contribution is 9.10. The van der Waals surface area contributed by atoms with Crippen molar-refractivity contribution in [3.8, 4) is 0 Å². The summed E-state index contributed by atoms with van der Waals surface area (Å²) in [5.41, 5.74) is 1.57. The number of nitrogens with one attached hydrogen (secondary N) is 1. The minimum Gasteiger partial charge on any atom is -0.325 e. The average Bonchev–Trinajstić information content (AvgIpc) is 2.91. The van der Waals surface area contributed by atoms with Crippen LogP contribution in [0, 0.1) is 0 Å². The molecule has 1 saturated heterocycles. The molecule has 6 heteroatoms. The lowest BCUT2D eigenvalue weighted by Crippen LogP contribution is -2.37. The number of carbonyl (C=O) groups is 2. The van der Waals surface area contributed by atoms with E-state index in [1.807, 2.05) is 54.6 Å². The van der Waals surface area contributed by atoms with Gasteiger partial charge in [0.05, 0.1) is 0 Å². The number of nitrogens with zero attached hydrogens (tertiary/aromatic N) is 2. The van der Waals surface area contributed by atoms with E-state index in [4.69, 9.17) is 0 Å². The molecule has 0 saturated carbocycles. The van der Waals surface area contributed by atoms with Crippen molar-refractivity contribution in [1.29, 1.82) is 0 Å². The van der Waals surface area contributed by atoms with Gasteiger partial charge in [0, 0.05) is 28.9 Å². The van der Waals surface area contributed by atoms with Gasteiger partial charge in [0.25, 0.3) is 0 Å². The standard InChI is InChI=1S/C17H16BrN3O2/c18-13-6-8-14(9-7-13)19-16(22)12-20-10-11-21(17(20)23)15-4-2-1-3-5-15/h1-9H,10-12H2,(H,19,22). The van der Waals surface area contributed by atoms with Crippen LogP contribution in [0.15, 0.2) is 59.1 Å². The molecule has 0 spiro atoms. The summed E-state index contributed by atoms with van der Waals surface area (Å²) in [6.45, 7) is 1.19. The molecule has 0 aromatic heterocycles. The molecular formula is C17H16BrN3O2. The third kappa shape index (κ3) is 3.71. The Morgan fingerprint density at radius 1 is 1.04 bits per heavy atom. The number of anilines is 2. The van der Waals surface area contributed by atoms with Gasteiger partial charge in [0.2, 0.25) is 5.91 Å². The molecule has 3 rings (SSSR count). The number of para-hydroxylation sites is 1. The summed E-state index contributed by atoms with van der Waals surface area (Å²) >= 11 is 3.35. The van der Waals surface area contributed by atoms with Crippen LogP contribution in [-0.2, 0) is 4.79 Å². The Balaban J connectivity index is 1.59. The molecule has 1 N–H and O–H groups in total. The largest absolute Gasteiger partial charge is 0.325 e. The van der Waals surface area contributed by atoms with Gasteiger partial charge in [-0.15, -0.1) is 0 Å². The van der Waals surface area contributed by atoms with Crippen molar-refractivity contribution in [3.63, 3.8) is 0 Å². The molecule has 2 aromatic rings. The molecule has 0 unspecified atom stereocenters. The van der Waals surface area contributed by atoms with E-state index in [9.17, 15) is 9.59 Å². The van der Waals surface area contributed by atoms with Crippen molar-refractivity contribution >= 4 is 39.2 Å². The van der Waals surface area contributed by atoms with Gasteiger partial charge in [0.1, 0.15) is 6.54 Å². The number of carbonyl (C=O) groups excluding carboxylic acids is 2. The van der Waals surface area contributed by atoms with E-state index in [0.29, 0.717) is 18.8 Å². The second-order valence-corrected chi connectivity index (χ2v) is 6.16. The zero-order valence-electron chi connectivity index (χ0n) is 12.4. The first-order chi connectivity index (χ1) is 11.1. The summed E-state index contributed by atoms with van der Waals surface area (Å²) in [5, 5.41) is 2.80. The predicted molar refractivity (Wildman–Crippen MR) is 93.5 cm³/mol. The predicted octanol–water partition coefficient (Wildman–Crippen LogP) is 3.33. The molecule has 118 valence electrons. The molecule has 0 atom stereocenters. The molecular weight excluding hydrogens is 358 g/mol. The lowest BCUT2D eigenvalue weighted by atomic mass is 10.3. The van der Waals surface area contributed by atoms with Crippen molar-refractivity contribution in [3.05, 3.63) is 59.1 Å². The molecule has 0 aliphatic carbocycles. The number of amides is 3. The van der Waals surface area contributed by atoms with Crippen LogP contribution >= 0.6 is 15.9 Å². The van der Waals surface area contributed by atoms with E-state index in [-0.39, 0.29) is 18.5 Å². The quantitative estimate of drug-likeness (QED) is 0.893. The van der Waals surface area contributed by atoms with Crippen molar-refractivity contribution in [1.82, 2.24) is 4.90 Å². The highest BCUT2D eigenvalue weighted by Gasteiger charge is 2.30. The Kier molecular flexibility index (Phi) is 4.62. The third-order valence-electron chi connectivity index (χ3n) is 3.63. The highest BCUT2D eigenvalue weighted by atomic mass is 79.9. The van der Waals surface area contributed by atoms with Gasteiger partial charge < -0.3 is 10.2 Å². The van der Waals surface area contributed by atoms with Gasteiger partial charge in [0.15, 0.2) is 0 Å². The van der Waals surface area contributed by atoms with Crippen molar-refractivity contribution in [2.45, 2.75) is 0 Å². The Labute approximate surface area is 143 Å². The van der Waals surface area contributed by atoms with Crippen molar-refractivity contribution < 1.29 is 9.59 Å². The fraction of sp³-hybridized carbons (Fsp3) is 0.176. The number of halogens is 1. The van der Waals surface area contributed by atoms with Crippen LogP contribution in [0.1, 0.15) is 0 Å². The van der Waals surface area contributed by atoms with Crippen LogP contribution < -0.4 is 10.2 Å². The zero-order chi connectivity index (χ0) is 16.2. The number of benzene rings is 2. The lowest BCUT2D eigenvalue weighted by Gasteiger charge is -2.18. The average molecular weight is 374 g/mol. The first kappa shape index (κ1) is 15.6. The number of rotatable bonds is 4. The number of hydrogen-bond donors (Lipinski definition) is 1. The molecule has 2 aromatic carbocycles. The monoisotopic (exact) mass is 373 g/mol. The SMILES string of the molecule is O=C(CN1CCN(c2ccccc2)C1=O)Nc1ccc(Br)cc1. The molecule has 1 aliphatic heterocycles. The maximum absolute atomic E-state index is 12.4. The molecule has 0 radical (unpaired) electrons. The smallest absolute Gasteiger partial charge is 0.325 e. The summed E-state index contributed by atoms with van der Waals surface area (Å²) in [4.78, 5) is 27.8. The minimum atomic E-state index is -0.199. The maximum atomic E-state index is 12.4. The highest BCUT2D eigenvalue weighted by Crippen LogP contribution is 2.20. The van der Waals surface area contributed by atoms with Crippen molar-refractivity contribution in [2.75, 3.05) is 29.9 Å². The second-order valence-electron chi connectivity index (χ2n) is 5.25. The molecule has 23 heavy (non-hydrogen) atoms. The van der Waals surface area contributed by atoms with E-state index >= 15 is 0 Å². The van der Waals surface area contributed by atoms with Gasteiger partial charge in [-0.1, -0.05) is 34.1 Å². The maximum Gasteiger partial charge on any atom is 0.325 e. The van der Waals surface area contributed by atoms with E-state index < -0.39 is 0 Å². The van der Waals surface area contributed by atoms with Crippen LogP contribution in [0.25, 0.3) is 0 Å². The normalized spacial score (nSPS) is 14.2. The topological polar surface area (TPSA) is 52.7 Å². The third-order valence-corrected chi connectivity index (χ3v) is 4.15. The Morgan fingerprint density at radius 2 is 1.74 bits per heavy atom. The summed E-state index contributed by atoms with van der Waals surface area (Å²) < 4.78 is 0.948. The summed E-state index contributed by atoms with van der Waals surface area (Å²) in [6.07, 6.45) is 0. The Hall–Kier alpha value is -2.34. The Bertz CT molecular complexity index is 704. The van der Waals surface area contributed by atoms with Gasteiger partial charge in [-0.05, 0) is 36.4 Å². The van der Waals surface area contributed by atoms with Crippen LogP contribution in [-0.4, -0.2) is 36.5 Å². The number of hydrogen-bond acceptors (Lipinski definition) is 2.